The molecule has 0 bridgehead atoms. The minimum Gasteiger partial charge on any atom is -0.337 e. The van der Waals surface area contributed by atoms with Gasteiger partial charge in [-0.3, -0.25) is 4.79 Å². The first-order valence-corrected chi connectivity index (χ1v) is 8.12. The number of halogens is 2. The number of benzene rings is 2. The van der Waals surface area contributed by atoms with Crippen LogP contribution >= 0.6 is 23.2 Å². The molecule has 3 aromatic rings. The van der Waals surface area contributed by atoms with E-state index in [9.17, 15) is 4.79 Å². The van der Waals surface area contributed by atoms with Crippen molar-refractivity contribution in [3.63, 3.8) is 0 Å². The van der Waals surface area contributed by atoms with Crippen molar-refractivity contribution in [3.8, 4) is 0 Å². The smallest absolute Gasteiger partial charge is 0.272 e. The molecule has 5 heteroatoms. The predicted octanol–water partition coefficient (Wildman–Crippen LogP) is 5.53. The van der Waals surface area contributed by atoms with Crippen molar-refractivity contribution < 1.29 is 4.79 Å². The van der Waals surface area contributed by atoms with Gasteiger partial charge < -0.3 is 9.88 Å². The Hall–Kier alpha value is -1.97. The van der Waals surface area contributed by atoms with Crippen LogP contribution < -0.4 is 5.32 Å². The van der Waals surface area contributed by atoms with Crippen molar-refractivity contribution in [1.82, 2.24) is 4.57 Å². The first kappa shape index (κ1) is 15.9. The number of nitrogens with zero attached hydrogens (tertiary/aromatic N) is 1. The summed E-state index contributed by atoms with van der Waals surface area (Å²) in [5, 5.41) is 5.06. The van der Waals surface area contributed by atoms with Crippen molar-refractivity contribution in [1.29, 1.82) is 0 Å². The van der Waals surface area contributed by atoms with Crippen LogP contribution in [0.25, 0.3) is 10.9 Å². The van der Waals surface area contributed by atoms with Crippen LogP contribution in [0.1, 0.15) is 23.0 Å². The van der Waals surface area contributed by atoms with Crippen LogP contribution in [-0.2, 0) is 6.54 Å². The van der Waals surface area contributed by atoms with E-state index in [1.54, 1.807) is 12.1 Å². The standard InChI is InChI=1S/C18H16Cl2N2O/c1-3-22-16-9-8-12(19)10-13(16)11(2)17(22)18(23)21-15-7-5-4-6-14(15)20/h4-10H,3H2,1-2H3,(H,21,23). The number of para-hydroxylation sites is 1. The Morgan fingerprint density at radius 1 is 1.17 bits per heavy atom. The van der Waals surface area contributed by atoms with Crippen LogP contribution in [0, 0.1) is 6.92 Å². The Labute approximate surface area is 144 Å². The van der Waals surface area contributed by atoms with Crippen LogP contribution in [0.4, 0.5) is 5.69 Å². The van der Waals surface area contributed by atoms with Crippen LogP contribution in [0.3, 0.4) is 0 Å². The van der Waals surface area contributed by atoms with Gasteiger partial charge in [0.1, 0.15) is 5.69 Å². The number of aromatic nitrogens is 1. The van der Waals surface area contributed by atoms with Crippen molar-refractivity contribution in [2.75, 3.05) is 5.32 Å². The molecule has 3 rings (SSSR count). The molecule has 0 saturated carbocycles. The second kappa shape index (κ2) is 6.26. The number of hydrogen-bond acceptors (Lipinski definition) is 1. The van der Waals surface area contributed by atoms with Crippen LogP contribution in [0.5, 0.6) is 0 Å². The van der Waals surface area contributed by atoms with E-state index in [0.717, 1.165) is 16.5 Å². The topological polar surface area (TPSA) is 34.0 Å². The predicted molar refractivity (Wildman–Crippen MR) is 96.8 cm³/mol. The first-order valence-electron chi connectivity index (χ1n) is 7.37. The second-order valence-corrected chi connectivity index (χ2v) is 6.16. The number of carbonyl (C=O) groups is 1. The zero-order valence-corrected chi connectivity index (χ0v) is 14.4. The monoisotopic (exact) mass is 346 g/mol. The molecule has 0 aliphatic heterocycles. The molecule has 23 heavy (non-hydrogen) atoms. The molecule has 0 unspecified atom stereocenters. The summed E-state index contributed by atoms with van der Waals surface area (Å²) in [6.07, 6.45) is 0. The summed E-state index contributed by atoms with van der Waals surface area (Å²) in [5.41, 5.74) is 3.14. The highest BCUT2D eigenvalue weighted by Gasteiger charge is 2.20. The lowest BCUT2D eigenvalue weighted by molar-refractivity contribution is 0.101. The Bertz CT molecular complexity index is 899. The Balaban J connectivity index is 2.10. The summed E-state index contributed by atoms with van der Waals surface area (Å²) in [6, 6.07) is 12.9. The van der Waals surface area contributed by atoms with Gasteiger partial charge in [-0.2, -0.15) is 0 Å². The minimum absolute atomic E-state index is 0.176. The molecule has 1 aromatic heterocycles. The van der Waals surface area contributed by atoms with E-state index in [-0.39, 0.29) is 5.91 Å². The summed E-state index contributed by atoms with van der Waals surface area (Å²) in [6.45, 7) is 4.64. The fourth-order valence-electron chi connectivity index (χ4n) is 2.86. The van der Waals surface area contributed by atoms with E-state index >= 15 is 0 Å². The first-order chi connectivity index (χ1) is 11.0. The second-order valence-electron chi connectivity index (χ2n) is 5.31. The Morgan fingerprint density at radius 3 is 2.61 bits per heavy atom. The highest BCUT2D eigenvalue weighted by Crippen LogP contribution is 2.29. The third-order valence-electron chi connectivity index (χ3n) is 3.93. The van der Waals surface area contributed by atoms with Crippen molar-refractivity contribution in [2.24, 2.45) is 0 Å². The number of carbonyl (C=O) groups excluding carboxylic acids is 1. The molecule has 1 heterocycles. The van der Waals surface area contributed by atoms with Crippen LogP contribution in [0.2, 0.25) is 10.0 Å². The van der Waals surface area contributed by atoms with E-state index in [0.29, 0.717) is 28.0 Å². The SMILES string of the molecule is CCn1c(C(=O)Nc2ccccc2Cl)c(C)c2cc(Cl)ccc21. The minimum atomic E-state index is -0.176. The lowest BCUT2D eigenvalue weighted by atomic mass is 10.1. The Morgan fingerprint density at radius 2 is 1.91 bits per heavy atom. The van der Waals surface area contributed by atoms with Gasteiger partial charge in [0, 0.05) is 22.5 Å². The van der Waals surface area contributed by atoms with Crippen molar-refractivity contribution >= 4 is 45.7 Å². The number of rotatable bonds is 3. The molecule has 0 fully saturated rings. The number of amides is 1. The average molecular weight is 347 g/mol. The molecule has 118 valence electrons. The van der Waals surface area contributed by atoms with Crippen LogP contribution in [-0.4, -0.2) is 10.5 Å². The number of hydrogen-bond donors (Lipinski definition) is 1. The average Bonchev–Trinajstić information content (AvgIpc) is 2.81. The van der Waals surface area contributed by atoms with E-state index < -0.39 is 0 Å². The van der Waals surface area contributed by atoms with Gasteiger partial charge in [0.15, 0.2) is 0 Å². The maximum Gasteiger partial charge on any atom is 0.272 e. The lowest BCUT2D eigenvalue weighted by Gasteiger charge is -2.11. The van der Waals surface area contributed by atoms with Gasteiger partial charge in [0.2, 0.25) is 0 Å². The molecule has 0 radical (unpaired) electrons. The van der Waals surface area contributed by atoms with Crippen LogP contribution in [0.15, 0.2) is 42.5 Å². The highest BCUT2D eigenvalue weighted by molar-refractivity contribution is 6.34. The zero-order valence-electron chi connectivity index (χ0n) is 12.9. The Kier molecular flexibility index (Phi) is 4.33. The van der Waals surface area contributed by atoms with Gasteiger partial charge in [-0.05, 0) is 49.7 Å². The van der Waals surface area contributed by atoms with E-state index in [1.807, 2.05) is 48.7 Å². The third-order valence-corrected chi connectivity index (χ3v) is 4.50. The number of aryl methyl sites for hydroxylation is 2. The number of nitrogens with one attached hydrogen (secondary N) is 1. The third kappa shape index (κ3) is 2.82. The number of fused-ring (bicyclic) bond motifs is 1. The van der Waals surface area contributed by atoms with Gasteiger partial charge in [-0.1, -0.05) is 35.3 Å². The molecule has 0 saturated heterocycles. The zero-order chi connectivity index (χ0) is 16.6. The van der Waals surface area contributed by atoms with Gasteiger partial charge in [0.25, 0.3) is 5.91 Å². The summed E-state index contributed by atoms with van der Waals surface area (Å²) in [5.74, 6) is -0.176. The maximum absolute atomic E-state index is 12.8. The molecule has 0 aliphatic carbocycles. The molecule has 1 N–H and O–H groups in total. The summed E-state index contributed by atoms with van der Waals surface area (Å²) in [4.78, 5) is 12.8. The normalized spacial score (nSPS) is 11.0. The van der Waals surface area contributed by atoms with E-state index in [4.69, 9.17) is 23.2 Å². The van der Waals surface area contributed by atoms with Crippen molar-refractivity contribution in [3.05, 3.63) is 63.8 Å². The molecule has 0 spiro atoms. The van der Waals surface area contributed by atoms with Gasteiger partial charge >= 0.3 is 0 Å². The van der Waals surface area contributed by atoms with Crippen molar-refractivity contribution in [2.45, 2.75) is 20.4 Å². The lowest BCUT2D eigenvalue weighted by Crippen LogP contribution is -2.18. The fraction of sp³-hybridized carbons (Fsp3) is 0.167. The van der Waals surface area contributed by atoms with Gasteiger partial charge in [-0.15, -0.1) is 0 Å². The largest absolute Gasteiger partial charge is 0.337 e. The molecule has 0 atom stereocenters. The summed E-state index contributed by atoms with van der Waals surface area (Å²) < 4.78 is 1.99. The molecule has 1 amide bonds. The molecule has 0 aliphatic rings. The summed E-state index contributed by atoms with van der Waals surface area (Å²) >= 11 is 12.2. The molecule has 2 aromatic carbocycles. The van der Waals surface area contributed by atoms with Gasteiger partial charge in [-0.25, -0.2) is 0 Å². The fourth-order valence-corrected chi connectivity index (χ4v) is 3.21. The summed E-state index contributed by atoms with van der Waals surface area (Å²) in [7, 11) is 0. The van der Waals surface area contributed by atoms with E-state index in [1.165, 1.54) is 0 Å². The van der Waals surface area contributed by atoms with E-state index in [2.05, 4.69) is 5.32 Å². The molecular weight excluding hydrogens is 331 g/mol. The molecular formula is C18H16Cl2N2O. The highest BCUT2D eigenvalue weighted by atomic mass is 35.5. The number of anilines is 1. The maximum atomic E-state index is 12.8. The van der Waals surface area contributed by atoms with Gasteiger partial charge in [0.05, 0.1) is 10.7 Å². The quantitative estimate of drug-likeness (QED) is 0.664. The molecule has 3 nitrogen and oxygen atoms in total.